The first-order valence-corrected chi connectivity index (χ1v) is 7.17. The van der Waals surface area contributed by atoms with Gasteiger partial charge in [-0.1, -0.05) is 40.9 Å². The number of ketones is 1. The number of Topliss-reactive ketones (excluding diaryl/α,β-unsaturated/α-hetero) is 1. The van der Waals surface area contributed by atoms with Crippen LogP contribution >= 0.6 is 34.8 Å². The molecule has 2 nitrogen and oxygen atoms in total. The fourth-order valence-electron chi connectivity index (χ4n) is 1.73. The molecule has 0 aliphatic carbocycles. The van der Waals surface area contributed by atoms with Crippen LogP contribution in [0.5, 0.6) is 0 Å². The molecule has 0 aliphatic rings. The minimum Gasteiger partial charge on any atom is -0.385 e. The molecule has 0 heterocycles. The number of anilines is 1. The van der Waals surface area contributed by atoms with Crippen molar-refractivity contribution >= 4 is 46.3 Å². The van der Waals surface area contributed by atoms with Crippen LogP contribution in [0.25, 0.3) is 0 Å². The van der Waals surface area contributed by atoms with E-state index in [9.17, 15) is 4.79 Å². The Labute approximate surface area is 132 Å². The Bertz CT molecular complexity index is 628. The van der Waals surface area contributed by atoms with Crippen molar-refractivity contribution in [2.45, 2.75) is 6.42 Å². The number of benzene rings is 2. The van der Waals surface area contributed by atoms with Gasteiger partial charge in [-0.25, -0.2) is 0 Å². The van der Waals surface area contributed by atoms with Crippen molar-refractivity contribution < 1.29 is 4.79 Å². The van der Waals surface area contributed by atoms with Crippen LogP contribution in [0, 0.1) is 0 Å². The number of carbonyl (C=O) groups is 1. The van der Waals surface area contributed by atoms with Crippen LogP contribution < -0.4 is 5.32 Å². The molecule has 0 atom stereocenters. The van der Waals surface area contributed by atoms with Crippen LogP contribution in [0.15, 0.2) is 42.5 Å². The van der Waals surface area contributed by atoms with E-state index in [0.717, 1.165) is 5.69 Å². The Morgan fingerprint density at radius 2 is 1.80 bits per heavy atom. The summed E-state index contributed by atoms with van der Waals surface area (Å²) < 4.78 is 0. The Kier molecular flexibility index (Phi) is 5.30. The SMILES string of the molecule is O=C(CCNc1cccc(Cl)c1)c1ccc(Cl)c(Cl)c1. The monoisotopic (exact) mass is 327 g/mol. The summed E-state index contributed by atoms with van der Waals surface area (Å²) in [6.45, 7) is 0.527. The van der Waals surface area contributed by atoms with E-state index in [-0.39, 0.29) is 5.78 Å². The molecule has 0 amide bonds. The third kappa shape index (κ3) is 4.14. The highest BCUT2D eigenvalue weighted by Crippen LogP contribution is 2.23. The predicted octanol–water partition coefficient (Wildman–Crippen LogP) is 5.33. The van der Waals surface area contributed by atoms with Gasteiger partial charge in [0.15, 0.2) is 5.78 Å². The molecule has 0 saturated carbocycles. The van der Waals surface area contributed by atoms with Crippen molar-refractivity contribution in [1.82, 2.24) is 0 Å². The minimum absolute atomic E-state index is 0.0121. The molecule has 0 fully saturated rings. The van der Waals surface area contributed by atoms with E-state index >= 15 is 0 Å². The maximum Gasteiger partial charge on any atom is 0.164 e. The average molecular weight is 329 g/mol. The maximum atomic E-state index is 12.0. The number of rotatable bonds is 5. The molecule has 1 N–H and O–H groups in total. The zero-order chi connectivity index (χ0) is 14.5. The molecular weight excluding hydrogens is 317 g/mol. The van der Waals surface area contributed by atoms with Crippen LogP contribution in [0.4, 0.5) is 5.69 Å². The summed E-state index contributed by atoms with van der Waals surface area (Å²) in [5.41, 5.74) is 1.45. The molecule has 0 spiro atoms. The molecule has 2 aromatic rings. The quantitative estimate of drug-likeness (QED) is 0.751. The first kappa shape index (κ1) is 15.2. The summed E-state index contributed by atoms with van der Waals surface area (Å²) in [5.74, 6) is 0.0121. The van der Waals surface area contributed by atoms with E-state index in [1.165, 1.54) is 0 Å². The minimum atomic E-state index is 0.0121. The van der Waals surface area contributed by atoms with Gasteiger partial charge in [0.2, 0.25) is 0 Å². The highest BCUT2D eigenvalue weighted by atomic mass is 35.5. The van der Waals surface area contributed by atoms with Crippen LogP contribution in [0.3, 0.4) is 0 Å². The number of carbonyl (C=O) groups excluding carboxylic acids is 1. The largest absolute Gasteiger partial charge is 0.385 e. The van der Waals surface area contributed by atoms with Crippen molar-refractivity contribution in [2.24, 2.45) is 0 Å². The molecule has 0 radical (unpaired) electrons. The normalized spacial score (nSPS) is 10.3. The van der Waals surface area contributed by atoms with Crippen LogP contribution in [-0.4, -0.2) is 12.3 Å². The van der Waals surface area contributed by atoms with Gasteiger partial charge in [0.05, 0.1) is 10.0 Å². The van der Waals surface area contributed by atoms with Gasteiger partial charge in [0.25, 0.3) is 0 Å². The van der Waals surface area contributed by atoms with Crippen molar-refractivity contribution in [2.75, 3.05) is 11.9 Å². The highest BCUT2D eigenvalue weighted by molar-refractivity contribution is 6.42. The third-order valence-electron chi connectivity index (χ3n) is 2.75. The topological polar surface area (TPSA) is 29.1 Å². The number of hydrogen-bond acceptors (Lipinski definition) is 2. The molecule has 0 aliphatic heterocycles. The zero-order valence-corrected chi connectivity index (χ0v) is 12.8. The number of hydrogen-bond donors (Lipinski definition) is 1. The summed E-state index contributed by atoms with van der Waals surface area (Å²) in [6, 6.07) is 12.3. The van der Waals surface area contributed by atoms with E-state index in [1.807, 2.05) is 18.2 Å². The Morgan fingerprint density at radius 1 is 1.00 bits per heavy atom. The summed E-state index contributed by atoms with van der Waals surface area (Å²) in [5, 5.41) is 4.64. The van der Waals surface area contributed by atoms with Gasteiger partial charge in [-0.3, -0.25) is 4.79 Å². The smallest absolute Gasteiger partial charge is 0.164 e. The van der Waals surface area contributed by atoms with Crippen molar-refractivity contribution in [3.8, 4) is 0 Å². The standard InChI is InChI=1S/C15H12Cl3NO/c16-11-2-1-3-12(9-11)19-7-6-15(20)10-4-5-13(17)14(18)8-10/h1-5,8-9,19H,6-7H2. The summed E-state index contributed by atoms with van der Waals surface area (Å²) >= 11 is 17.6. The van der Waals surface area contributed by atoms with E-state index in [4.69, 9.17) is 34.8 Å². The maximum absolute atomic E-state index is 12.0. The molecule has 2 aromatic carbocycles. The first-order chi connectivity index (χ1) is 9.56. The van der Waals surface area contributed by atoms with E-state index in [0.29, 0.717) is 33.6 Å². The lowest BCUT2D eigenvalue weighted by Gasteiger charge is -2.07. The highest BCUT2D eigenvalue weighted by Gasteiger charge is 2.08. The second-order valence-electron chi connectivity index (χ2n) is 4.24. The van der Waals surface area contributed by atoms with Gasteiger partial charge in [-0.2, -0.15) is 0 Å². The summed E-state index contributed by atoms with van der Waals surface area (Å²) in [4.78, 5) is 12.0. The average Bonchev–Trinajstić information content (AvgIpc) is 2.42. The van der Waals surface area contributed by atoms with E-state index in [1.54, 1.807) is 24.3 Å². The summed E-state index contributed by atoms with van der Waals surface area (Å²) in [7, 11) is 0. The van der Waals surface area contributed by atoms with E-state index in [2.05, 4.69) is 5.32 Å². The molecule has 20 heavy (non-hydrogen) atoms. The molecule has 0 bridgehead atoms. The third-order valence-corrected chi connectivity index (χ3v) is 3.72. The van der Waals surface area contributed by atoms with Crippen molar-refractivity contribution in [3.05, 3.63) is 63.1 Å². The lowest BCUT2D eigenvalue weighted by Crippen LogP contribution is -2.08. The van der Waals surface area contributed by atoms with Gasteiger partial charge >= 0.3 is 0 Å². The number of halogens is 3. The van der Waals surface area contributed by atoms with Gasteiger partial charge in [0, 0.05) is 29.2 Å². The molecule has 5 heteroatoms. The zero-order valence-electron chi connectivity index (χ0n) is 10.5. The van der Waals surface area contributed by atoms with Crippen molar-refractivity contribution in [1.29, 1.82) is 0 Å². The lowest BCUT2D eigenvalue weighted by molar-refractivity contribution is 0.0986. The number of nitrogens with one attached hydrogen (secondary N) is 1. The fraction of sp³-hybridized carbons (Fsp3) is 0.133. The Morgan fingerprint density at radius 3 is 2.50 bits per heavy atom. The molecular formula is C15H12Cl3NO. The van der Waals surface area contributed by atoms with Gasteiger partial charge in [0.1, 0.15) is 0 Å². The van der Waals surface area contributed by atoms with Crippen LogP contribution in [-0.2, 0) is 0 Å². The van der Waals surface area contributed by atoms with Crippen molar-refractivity contribution in [3.63, 3.8) is 0 Å². The van der Waals surface area contributed by atoms with Gasteiger partial charge in [-0.15, -0.1) is 0 Å². The fourth-order valence-corrected chi connectivity index (χ4v) is 2.22. The Balaban J connectivity index is 1.90. The summed E-state index contributed by atoms with van der Waals surface area (Å²) in [6.07, 6.45) is 0.366. The molecule has 0 saturated heterocycles. The van der Waals surface area contributed by atoms with Gasteiger partial charge in [-0.05, 0) is 36.4 Å². The lowest BCUT2D eigenvalue weighted by atomic mass is 10.1. The second kappa shape index (κ2) is 6.98. The van der Waals surface area contributed by atoms with Crippen LogP contribution in [0.2, 0.25) is 15.1 Å². The molecule has 2 rings (SSSR count). The second-order valence-corrected chi connectivity index (χ2v) is 5.49. The Hall–Kier alpha value is -1.22. The molecule has 0 unspecified atom stereocenters. The molecule has 0 aromatic heterocycles. The van der Waals surface area contributed by atoms with E-state index < -0.39 is 0 Å². The molecule has 104 valence electrons. The van der Waals surface area contributed by atoms with Crippen LogP contribution in [0.1, 0.15) is 16.8 Å². The van der Waals surface area contributed by atoms with Gasteiger partial charge < -0.3 is 5.32 Å². The predicted molar refractivity (Wildman–Crippen MR) is 85.4 cm³/mol. The first-order valence-electron chi connectivity index (χ1n) is 6.04.